The zero-order valence-corrected chi connectivity index (χ0v) is 12.7. The van der Waals surface area contributed by atoms with Crippen molar-refractivity contribution < 1.29 is 4.79 Å². The standard InChI is InChI=1S/C14H20BrN3O/c1-17-14(19)11-2-4-18(5-3-11)9-10-6-12(15)8-13(16)7-10/h6-8,11H,2-5,9,16H2,1H3,(H,17,19). The first-order valence-corrected chi connectivity index (χ1v) is 7.36. The molecule has 4 nitrogen and oxygen atoms in total. The minimum absolute atomic E-state index is 0.173. The highest BCUT2D eigenvalue weighted by Crippen LogP contribution is 2.22. The number of nitrogens with two attached hydrogens (primary N) is 1. The third kappa shape index (κ3) is 3.94. The minimum Gasteiger partial charge on any atom is -0.399 e. The van der Waals surface area contributed by atoms with E-state index in [0.717, 1.165) is 42.6 Å². The van der Waals surface area contributed by atoms with Crippen LogP contribution in [0.5, 0.6) is 0 Å². The van der Waals surface area contributed by atoms with E-state index in [1.807, 2.05) is 12.1 Å². The molecule has 1 heterocycles. The van der Waals surface area contributed by atoms with Crippen LogP contribution < -0.4 is 11.1 Å². The van der Waals surface area contributed by atoms with Gasteiger partial charge in [-0.1, -0.05) is 15.9 Å². The molecule has 1 aliphatic heterocycles. The summed E-state index contributed by atoms with van der Waals surface area (Å²) < 4.78 is 1.02. The molecule has 5 heteroatoms. The van der Waals surface area contributed by atoms with Gasteiger partial charge in [-0.3, -0.25) is 9.69 Å². The van der Waals surface area contributed by atoms with Gasteiger partial charge in [-0.05, 0) is 49.7 Å². The zero-order valence-electron chi connectivity index (χ0n) is 11.2. The van der Waals surface area contributed by atoms with E-state index in [1.165, 1.54) is 5.56 Å². The molecule has 1 amide bonds. The zero-order chi connectivity index (χ0) is 13.8. The Kier molecular flexibility index (Phi) is 4.82. The first-order valence-electron chi connectivity index (χ1n) is 6.57. The Labute approximate surface area is 122 Å². The second kappa shape index (κ2) is 6.39. The fourth-order valence-corrected chi connectivity index (χ4v) is 3.14. The van der Waals surface area contributed by atoms with Gasteiger partial charge in [0.05, 0.1) is 0 Å². The van der Waals surface area contributed by atoms with Crippen LogP contribution >= 0.6 is 15.9 Å². The third-order valence-electron chi connectivity index (χ3n) is 3.59. The number of carbonyl (C=O) groups is 1. The summed E-state index contributed by atoms with van der Waals surface area (Å²) in [5, 5.41) is 2.73. The van der Waals surface area contributed by atoms with Crippen LogP contribution in [-0.2, 0) is 11.3 Å². The average molecular weight is 326 g/mol. The number of nitrogen functional groups attached to an aromatic ring is 1. The molecule has 1 saturated heterocycles. The molecule has 0 atom stereocenters. The SMILES string of the molecule is CNC(=O)C1CCN(Cc2cc(N)cc(Br)c2)CC1. The third-order valence-corrected chi connectivity index (χ3v) is 4.05. The number of anilines is 1. The molecule has 104 valence electrons. The molecule has 1 aliphatic rings. The molecular weight excluding hydrogens is 306 g/mol. The van der Waals surface area contributed by atoms with Crippen molar-refractivity contribution in [2.45, 2.75) is 19.4 Å². The van der Waals surface area contributed by atoms with Crippen molar-refractivity contribution in [1.82, 2.24) is 10.2 Å². The molecule has 0 saturated carbocycles. The molecule has 2 rings (SSSR count). The van der Waals surface area contributed by atoms with Gasteiger partial charge in [-0.15, -0.1) is 0 Å². The van der Waals surface area contributed by atoms with Gasteiger partial charge in [-0.25, -0.2) is 0 Å². The van der Waals surface area contributed by atoms with Crippen molar-refractivity contribution in [1.29, 1.82) is 0 Å². The van der Waals surface area contributed by atoms with E-state index in [1.54, 1.807) is 7.05 Å². The summed E-state index contributed by atoms with van der Waals surface area (Å²) in [6.07, 6.45) is 1.87. The van der Waals surface area contributed by atoms with Crippen LogP contribution in [0.1, 0.15) is 18.4 Å². The van der Waals surface area contributed by atoms with Gasteiger partial charge >= 0.3 is 0 Å². The molecule has 0 bridgehead atoms. The van der Waals surface area contributed by atoms with E-state index >= 15 is 0 Å². The lowest BCUT2D eigenvalue weighted by molar-refractivity contribution is -0.125. The summed E-state index contributed by atoms with van der Waals surface area (Å²) in [6.45, 7) is 2.82. The molecular formula is C14H20BrN3O. The Morgan fingerprint density at radius 2 is 2.11 bits per heavy atom. The fraction of sp³-hybridized carbons (Fsp3) is 0.500. The van der Waals surface area contributed by atoms with Crippen molar-refractivity contribution in [3.8, 4) is 0 Å². The largest absolute Gasteiger partial charge is 0.399 e. The summed E-state index contributed by atoms with van der Waals surface area (Å²) in [5.41, 5.74) is 7.84. The van der Waals surface area contributed by atoms with Gasteiger partial charge in [0.1, 0.15) is 0 Å². The molecule has 19 heavy (non-hydrogen) atoms. The molecule has 0 aliphatic carbocycles. The number of amides is 1. The summed E-state index contributed by atoms with van der Waals surface area (Å²) in [7, 11) is 1.71. The van der Waals surface area contributed by atoms with Crippen LogP contribution in [-0.4, -0.2) is 30.9 Å². The van der Waals surface area contributed by atoms with Crippen LogP contribution in [0, 0.1) is 5.92 Å². The first kappa shape index (κ1) is 14.3. The van der Waals surface area contributed by atoms with E-state index in [-0.39, 0.29) is 11.8 Å². The Morgan fingerprint density at radius 3 is 2.68 bits per heavy atom. The van der Waals surface area contributed by atoms with Crippen LogP contribution in [0.2, 0.25) is 0 Å². The highest BCUT2D eigenvalue weighted by molar-refractivity contribution is 9.10. The second-order valence-electron chi connectivity index (χ2n) is 5.06. The first-order chi connectivity index (χ1) is 9.08. The van der Waals surface area contributed by atoms with E-state index in [0.29, 0.717) is 0 Å². The number of piperidine rings is 1. The van der Waals surface area contributed by atoms with Gasteiger partial charge in [-0.2, -0.15) is 0 Å². The lowest BCUT2D eigenvalue weighted by Gasteiger charge is -2.31. The van der Waals surface area contributed by atoms with Gasteiger partial charge in [0, 0.05) is 29.7 Å². The molecule has 1 aromatic rings. The number of nitrogens with zero attached hydrogens (tertiary/aromatic N) is 1. The number of nitrogens with one attached hydrogen (secondary N) is 1. The van der Waals surface area contributed by atoms with Crippen molar-refractivity contribution in [2.75, 3.05) is 25.9 Å². The molecule has 0 aromatic heterocycles. The maximum Gasteiger partial charge on any atom is 0.222 e. The maximum absolute atomic E-state index is 11.6. The van der Waals surface area contributed by atoms with E-state index < -0.39 is 0 Å². The number of likely N-dealkylation sites (tertiary alicyclic amines) is 1. The number of benzene rings is 1. The summed E-state index contributed by atoms with van der Waals surface area (Å²) in [4.78, 5) is 13.9. The van der Waals surface area contributed by atoms with Gasteiger partial charge in [0.15, 0.2) is 0 Å². The molecule has 0 unspecified atom stereocenters. The second-order valence-corrected chi connectivity index (χ2v) is 5.97. The van der Waals surface area contributed by atoms with Gasteiger partial charge in [0.2, 0.25) is 5.91 Å². The van der Waals surface area contributed by atoms with Crippen LogP contribution in [0.4, 0.5) is 5.69 Å². The highest BCUT2D eigenvalue weighted by Gasteiger charge is 2.24. The molecule has 0 spiro atoms. The molecule has 3 N–H and O–H groups in total. The number of halogens is 1. The maximum atomic E-state index is 11.6. The van der Waals surface area contributed by atoms with E-state index in [9.17, 15) is 4.79 Å². The highest BCUT2D eigenvalue weighted by atomic mass is 79.9. The molecule has 1 aromatic carbocycles. The number of rotatable bonds is 3. The Hall–Kier alpha value is -1.07. The predicted molar refractivity (Wildman–Crippen MR) is 80.6 cm³/mol. The fourth-order valence-electron chi connectivity index (χ4n) is 2.58. The van der Waals surface area contributed by atoms with Crippen molar-refractivity contribution >= 4 is 27.5 Å². The smallest absolute Gasteiger partial charge is 0.222 e. The monoisotopic (exact) mass is 325 g/mol. The molecule has 0 radical (unpaired) electrons. The van der Waals surface area contributed by atoms with Crippen molar-refractivity contribution in [2.24, 2.45) is 5.92 Å². The summed E-state index contributed by atoms with van der Waals surface area (Å²) >= 11 is 3.46. The summed E-state index contributed by atoms with van der Waals surface area (Å²) in [5.74, 6) is 0.347. The van der Waals surface area contributed by atoms with E-state index in [4.69, 9.17) is 5.73 Å². The van der Waals surface area contributed by atoms with Gasteiger partial charge in [0.25, 0.3) is 0 Å². The average Bonchev–Trinajstić information content (AvgIpc) is 2.37. The normalized spacial score (nSPS) is 17.4. The number of carbonyl (C=O) groups excluding carboxylic acids is 1. The quantitative estimate of drug-likeness (QED) is 0.835. The predicted octanol–water partition coefficient (Wildman–Crippen LogP) is 1.99. The lowest BCUT2D eigenvalue weighted by atomic mass is 9.95. The van der Waals surface area contributed by atoms with Crippen molar-refractivity contribution in [3.05, 3.63) is 28.2 Å². The van der Waals surface area contributed by atoms with Crippen LogP contribution in [0.25, 0.3) is 0 Å². The lowest BCUT2D eigenvalue weighted by Crippen LogP contribution is -2.39. The molecule has 1 fully saturated rings. The Balaban J connectivity index is 1.90. The van der Waals surface area contributed by atoms with Crippen LogP contribution in [0.3, 0.4) is 0 Å². The van der Waals surface area contributed by atoms with Gasteiger partial charge < -0.3 is 11.1 Å². The van der Waals surface area contributed by atoms with E-state index in [2.05, 4.69) is 32.2 Å². The Bertz CT molecular complexity index is 436. The van der Waals surface area contributed by atoms with Crippen LogP contribution in [0.15, 0.2) is 22.7 Å². The summed E-state index contributed by atoms with van der Waals surface area (Å²) in [6, 6.07) is 6.01. The minimum atomic E-state index is 0.173. The van der Waals surface area contributed by atoms with Crippen molar-refractivity contribution in [3.63, 3.8) is 0 Å². The topological polar surface area (TPSA) is 58.4 Å². The number of hydrogen-bond acceptors (Lipinski definition) is 3. The number of hydrogen-bond donors (Lipinski definition) is 2. The Morgan fingerprint density at radius 1 is 1.42 bits per heavy atom.